The second kappa shape index (κ2) is 6.70. The van der Waals surface area contributed by atoms with Crippen molar-refractivity contribution in [1.82, 2.24) is 10.3 Å². The Kier molecular flexibility index (Phi) is 4.94. The Balaban J connectivity index is 1.96. The van der Waals surface area contributed by atoms with Crippen LogP contribution in [0.4, 0.5) is 5.82 Å². The predicted octanol–water partition coefficient (Wildman–Crippen LogP) is 2.33. The third-order valence-electron chi connectivity index (χ3n) is 4.08. The van der Waals surface area contributed by atoms with Gasteiger partial charge >= 0.3 is 0 Å². The van der Waals surface area contributed by atoms with Gasteiger partial charge in [0.1, 0.15) is 5.82 Å². The highest BCUT2D eigenvalue weighted by atomic mass is 16.2. The van der Waals surface area contributed by atoms with Crippen molar-refractivity contribution in [2.45, 2.75) is 52.5 Å². The zero-order valence-electron chi connectivity index (χ0n) is 12.9. The maximum atomic E-state index is 12.3. The summed E-state index contributed by atoms with van der Waals surface area (Å²) in [4.78, 5) is 27.7. The fourth-order valence-corrected chi connectivity index (χ4v) is 2.77. The van der Waals surface area contributed by atoms with Crippen LogP contribution >= 0.6 is 0 Å². The number of anilines is 1. The van der Waals surface area contributed by atoms with E-state index in [9.17, 15) is 9.59 Å². The van der Waals surface area contributed by atoms with Gasteiger partial charge in [0, 0.05) is 25.1 Å². The fourth-order valence-electron chi connectivity index (χ4n) is 2.77. The average molecular weight is 289 g/mol. The first kappa shape index (κ1) is 15.5. The van der Waals surface area contributed by atoms with Crippen molar-refractivity contribution in [3.8, 4) is 0 Å². The monoisotopic (exact) mass is 289 g/mol. The van der Waals surface area contributed by atoms with Crippen LogP contribution < -0.4 is 10.6 Å². The second-order valence-corrected chi connectivity index (χ2v) is 5.90. The third kappa shape index (κ3) is 4.28. The van der Waals surface area contributed by atoms with Gasteiger partial charge in [0.15, 0.2) is 0 Å². The highest BCUT2D eigenvalue weighted by Crippen LogP contribution is 2.25. The van der Waals surface area contributed by atoms with Crippen LogP contribution in [0.2, 0.25) is 0 Å². The summed E-state index contributed by atoms with van der Waals surface area (Å²) >= 11 is 0. The number of nitrogens with one attached hydrogen (secondary N) is 2. The van der Waals surface area contributed by atoms with Gasteiger partial charge in [-0.3, -0.25) is 9.59 Å². The molecule has 21 heavy (non-hydrogen) atoms. The van der Waals surface area contributed by atoms with Gasteiger partial charge in [-0.2, -0.15) is 0 Å². The molecule has 0 bridgehead atoms. The normalized spacial score (nSPS) is 21.7. The molecule has 1 aromatic rings. The molecule has 114 valence electrons. The van der Waals surface area contributed by atoms with Crippen molar-refractivity contribution < 1.29 is 9.59 Å². The van der Waals surface area contributed by atoms with Crippen molar-refractivity contribution in [3.63, 3.8) is 0 Å². The van der Waals surface area contributed by atoms with E-state index in [0.717, 1.165) is 30.4 Å². The summed E-state index contributed by atoms with van der Waals surface area (Å²) in [5.74, 6) is 0.515. The van der Waals surface area contributed by atoms with Gasteiger partial charge in [0.25, 0.3) is 0 Å². The van der Waals surface area contributed by atoms with Crippen LogP contribution in [0.1, 0.15) is 43.7 Å². The van der Waals surface area contributed by atoms with Crippen molar-refractivity contribution in [1.29, 1.82) is 0 Å². The van der Waals surface area contributed by atoms with Crippen LogP contribution in [0.15, 0.2) is 12.3 Å². The lowest BCUT2D eigenvalue weighted by Gasteiger charge is -2.28. The van der Waals surface area contributed by atoms with E-state index in [2.05, 4.69) is 15.6 Å². The van der Waals surface area contributed by atoms with E-state index in [-0.39, 0.29) is 23.8 Å². The number of hydrogen-bond acceptors (Lipinski definition) is 3. The molecule has 0 spiro atoms. The topological polar surface area (TPSA) is 71.1 Å². The minimum absolute atomic E-state index is 0.000745. The van der Waals surface area contributed by atoms with Crippen molar-refractivity contribution in [2.24, 2.45) is 5.92 Å². The summed E-state index contributed by atoms with van der Waals surface area (Å²) in [6.07, 6.45) is 5.25. The second-order valence-electron chi connectivity index (χ2n) is 5.90. The maximum absolute atomic E-state index is 12.3. The van der Waals surface area contributed by atoms with Crippen LogP contribution in [0.3, 0.4) is 0 Å². The number of hydrogen-bond donors (Lipinski definition) is 2. The minimum atomic E-state index is -0.0565. The summed E-state index contributed by atoms with van der Waals surface area (Å²) in [6.45, 7) is 5.51. The van der Waals surface area contributed by atoms with E-state index in [1.165, 1.54) is 6.92 Å². The highest BCUT2D eigenvalue weighted by Gasteiger charge is 2.27. The van der Waals surface area contributed by atoms with E-state index < -0.39 is 0 Å². The van der Waals surface area contributed by atoms with Crippen LogP contribution in [-0.4, -0.2) is 22.8 Å². The maximum Gasteiger partial charge on any atom is 0.228 e. The Morgan fingerprint density at radius 2 is 2.00 bits per heavy atom. The van der Waals surface area contributed by atoms with Crippen LogP contribution in [0.25, 0.3) is 0 Å². The lowest BCUT2D eigenvalue weighted by atomic mass is 9.85. The molecular formula is C16H23N3O2. The molecule has 1 fully saturated rings. The Morgan fingerprint density at radius 3 is 2.67 bits per heavy atom. The molecule has 0 radical (unpaired) electrons. The Bertz CT molecular complexity index is 542. The number of carbonyl (C=O) groups excluding carboxylic acids is 2. The van der Waals surface area contributed by atoms with Crippen molar-refractivity contribution in [2.75, 3.05) is 5.32 Å². The van der Waals surface area contributed by atoms with Gasteiger partial charge in [-0.25, -0.2) is 4.98 Å². The lowest BCUT2D eigenvalue weighted by molar-refractivity contribution is -0.123. The van der Waals surface area contributed by atoms with Gasteiger partial charge in [-0.15, -0.1) is 0 Å². The molecule has 0 saturated heterocycles. The molecule has 2 atom stereocenters. The molecule has 2 N–H and O–H groups in total. The van der Waals surface area contributed by atoms with Crippen LogP contribution in [0, 0.1) is 19.8 Å². The molecule has 0 aromatic carbocycles. The van der Waals surface area contributed by atoms with E-state index in [0.29, 0.717) is 12.2 Å². The highest BCUT2D eigenvalue weighted by molar-refractivity contribution is 5.91. The number of pyridine rings is 1. The molecule has 1 aliphatic rings. The SMILES string of the molecule is CC(=O)N[C@@H]1CCC[C@H](C(=O)Nc2cc(C)c(C)cn2)C1. The summed E-state index contributed by atoms with van der Waals surface area (Å²) in [5, 5.41) is 5.80. The number of nitrogens with zero attached hydrogens (tertiary/aromatic N) is 1. The molecular weight excluding hydrogens is 266 g/mol. The molecule has 1 aromatic heterocycles. The number of rotatable bonds is 3. The molecule has 0 aliphatic heterocycles. The number of carbonyl (C=O) groups is 2. The molecule has 2 amide bonds. The summed E-state index contributed by atoms with van der Waals surface area (Å²) in [6, 6.07) is 2.00. The van der Waals surface area contributed by atoms with Gasteiger partial charge in [-0.1, -0.05) is 6.42 Å². The largest absolute Gasteiger partial charge is 0.354 e. The molecule has 5 nitrogen and oxygen atoms in total. The Hall–Kier alpha value is -1.91. The Morgan fingerprint density at radius 1 is 1.24 bits per heavy atom. The van der Waals surface area contributed by atoms with Gasteiger partial charge in [0.05, 0.1) is 0 Å². The molecule has 1 saturated carbocycles. The molecule has 1 heterocycles. The zero-order chi connectivity index (χ0) is 15.4. The number of aryl methyl sites for hydroxylation is 2. The third-order valence-corrected chi connectivity index (χ3v) is 4.08. The number of amides is 2. The van der Waals surface area contributed by atoms with E-state index in [4.69, 9.17) is 0 Å². The first-order chi connectivity index (χ1) is 9.95. The summed E-state index contributed by atoms with van der Waals surface area (Å²) in [5.41, 5.74) is 2.22. The van der Waals surface area contributed by atoms with Gasteiger partial charge in [-0.05, 0) is 50.3 Å². The number of aromatic nitrogens is 1. The first-order valence-electron chi connectivity index (χ1n) is 7.47. The minimum Gasteiger partial charge on any atom is -0.354 e. The summed E-state index contributed by atoms with van der Waals surface area (Å²) in [7, 11) is 0. The smallest absolute Gasteiger partial charge is 0.228 e. The molecule has 2 rings (SSSR count). The predicted molar refractivity (Wildman–Crippen MR) is 81.9 cm³/mol. The summed E-state index contributed by atoms with van der Waals surface area (Å²) < 4.78 is 0. The average Bonchev–Trinajstić information content (AvgIpc) is 2.42. The van der Waals surface area contributed by atoms with E-state index in [1.807, 2.05) is 19.9 Å². The van der Waals surface area contributed by atoms with Crippen molar-refractivity contribution >= 4 is 17.6 Å². The Labute approximate surface area is 125 Å². The van der Waals surface area contributed by atoms with E-state index in [1.54, 1.807) is 6.20 Å². The fraction of sp³-hybridized carbons (Fsp3) is 0.562. The first-order valence-corrected chi connectivity index (χ1v) is 7.47. The molecule has 5 heteroatoms. The quantitative estimate of drug-likeness (QED) is 0.897. The van der Waals surface area contributed by atoms with E-state index >= 15 is 0 Å². The van der Waals surface area contributed by atoms with Crippen molar-refractivity contribution in [3.05, 3.63) is 23.4 Å². The molecule has 0 unspecified atom stereocenters. The zero-order valence-corrected chi connectivity index (χ0v) is 12.9. The van der Waals surface area contributed by atoms with Gasteiger partial charge in [0.2, 0.25) is 11.8 Å². The van der Waals surface area contributed by atoms with Gasteiger partial charge < -0.3 is 10.6 Å². The van der Waals surface area contributed by atoms with Crippen LogP contribution in [-0.2, 0) is 9.59 Å². The standard InChI is InChI=1S/C16H23N3O2/c1-10-7-15(17-9-11(10)2)19-16(21)13-5-4-6-14(8-13)18-12(3)20/h7,9,13-14H,4-6,8H2,1-3H3,(H,18,20)(H,17,19,21)/t13-,14+/m0/s1. The van der Waals surface area contributed by atoms with Crippen LogP contribution in [0.5, 0.6) is 0 Å². The molecule has 1 aliphatic carbocycles. The lowest BCUT2D eigenvalue weighted by Crippen LogP contribution is -2.40.